The van der Waals surface area contributed by atoms with Gasteiger partial charge < -0.3 is 10.2 Å². The highest BCUT2D eigenvalue weighted by atomic mass is 15.1. The molecule has 1 N–H and O–H groups in total. The lowest BCUT2D eigenvalue weighted by molar-refractivity contribution is 0.405. The highest BCUT2D eigenvalue weighted by Gasteiger charge is 2.13. The predicted molar refractivity (Wildman–Crippen MR) is 95.2 cm³/mol. The molecule has 4 aromatic rings. The molecule has 0 atom stereocenters. The number of anilines is 1. The summed E-state index contributed by atoms with van der Waals surface area (Å²) in [5.41, 5.74) is 2.50. The number of hydrogen-bond acceptors (Lipinski definition) is 6. The third-order valence-electron chi connectivity index (χ3n) is 4.03. The van der Waals surface area contributed by atoms with Gasteiger partial charge in [0, 0.05) is 42.1 Å². The maximum absolute atomic E-state index is 4.82. The van der Waals surface area contributed by atoms with Crippen molar-refractivity contribution in [2.45, 2.75) is 6.42 Å². The van der Waals surface area contributed by atoms with Crippen LogP contribution in [-0.4, -0.2) is 56.4 Å². The summed E-state index contributed by atoms with van der Waals surface area (Å²) in [5.74, 6) is 0.850. The van der Waals surface area contributed by atoms with Crippen LogP contribution in [0.25, 0.3) is 27.6 Å². The van der Waals surface area contributed by atoms with Gasteiger partial charge in [-0.25, -0.2) is 9.97 Å². The Morgan fingerprint density at radius 3 is 2.83 bits per heavy atom. The Bertz CT molecular complexity index is 1010. The van der Waals surface area contributed by atoms with Crippen LogP contribution < -0.4 is 5.32 Å². The largest absolute Gasteiger partial charge is 0.369 e. The molecule has 4 aromatic heterocycles. The highest BCUT2D eigenvalue weighted by Crippen LogP contribution is 2.28. The quantitative estimate of drug-likeness (QED) is 0.568. The van der Waals surface area contributed by atoms with E-state index in [0.29, 0.717) is 0 Å². The van der Waals surface area contributed by atoms with Gasteiger partial charge in [-0.2, -0.15) is 0 Å². The van der Waals surface area contributed by atoms with Crippen LogP contribution in [-0.2, 0) is 0 Å². The first kappa shape index (κ1) is 14.8. The zero-order chi connectivity index (χ0) is 16.5. The van der Waals surface area contributed by atoms with Gasteiger partial charge in [0.1, 0.15) is 11.3 Å². The number of fused-ring (bicyclic) bond motifs is 5. The van der Waals surface area contributed by atoms with Crippen molar-refractivity contribution in [3.8, 4) is 0 Å². The summed E-state index contributed by atoms with van der Waals surface area (Å²) in [6.07, 6.45) is 10.1. The second kappa shape index (κ2) is 6.01. The molecule has 0 radical (unpaired) electrons. The molecule has 0 saturated heterocycles. The third-order valence-corrected chi connectivity index (χ3v) is 4.03. The fraction of sp³-hybridized carbons (Fsp3) is 0.294. The molecule has 0 bridgehead atoms. The topological polar surface area (TPSA) is 71.2 Å². The van der Waals surface area contributed by atoms with Crippen molar-refractivity contribution in [3.05, 3.63) is 37.1 Å². The number of imidazole rings is 1. The first-order valence-electron chi connectivity index (χ1n) is 7.98. The molecular formula is C17H19N7. The van der Waals surface area contributed by atoms with Gasteiger partial charge in [-0.3, -0.25) is 14.4 Å². The smallest absolute Gasteiger partial charge is 0.167 e. The molecule has 0 saturated carbocycles. The van der Waals surface area contributed by atoms with Gasteiger partial charge in [0.15, 0.2) is 11.3 Å². The molecule has 0 aliphatic rings. The predicted octanol–water partition coefficient (Wildman–Crippen LogP) is 2.19. The van der Waals surface area contributed by atoms with Gasteiger partial charge in [-0.15, -0.1) is 0 Å². The van der Waals surface area contributed by atoms with Crippen LogP contribution in [0.3, 0.4) is 0 Å². The zero-order valence-corrected chi connectivity index (χ0v) is 13.8. The molecule has 0 fully saturated rings. The Morgan fingerprint density at radius 2 is 1.96 bits per heavy atom. The van der Waals surface area contributed by atoms with Crippen molar-refractivity contribution >= 4 is 33.4 Å². The van der Waals surface area contributed by atoms with Crippen LogP contribution in [0.4, 0.5) is 5.82 Å². The van der Waals surface area contributed by atoms with Crippen LogP contribution >= 0.6 is 0 Å². The Balaban J connectivity index is 1.83. The molecule has 0 amide bonds. The standard InChI is InChI=1S/C17H19N7/c1-23(2)8-3-5-20-16-13-10-18-6-4-12(13)15-17(22-16)24-9-7-19-11-14(24)21-15/h4,6-7,9-11H,3,5,8H2,1-2H3,(H,20,22). The second-order valence-electron chi connectivity index (χ2n) is 6.05. The molecule has 0 aliphatic heterocycles. The van der Waals surface area contributed by atoms with E-state index in [1.807, 2.05) is 22.9 Å². The third kappa shape index (κ3) is 2.52. The number of nitrogens with one attached hydrogen (secondary N) is 1. The maximum Gasteiger partial charge on any atom is 0.167 e. The van der Waals surface area contributed by atoms with Crippen LogP contribution in [0.15, 0.2) is 37.1 Å². The summed E-state index contributed by atoms with van der Waals surface area (Å²) in [6.45, 7) is 1.89. The summed E-state index contributed by atoms with van der Waals surface area (Å²) in [7, 11) is 4.16. The van der Waals surface area contributed by atoms with E-state index in [-0.39, 0.29) is 0 Å². The van der Waals surface area contributed by atoms with E-state index >= 15 is 0 Å². The van der Waals surface area contributed by atoms with Crippen molar-refractivity contribution in [1.29, 1.82) is 0 Å². The fourth-order valence-corrected chi connectivity index (χ4v) is 2.87. The molecule has 24 heavy (non-hydrogen) atoms. The van der Waals surface area contributed by atoms with Gasteiger partial charge in [0.05, 0.1) is 6.20 Å². The van der Waals surface area contributed by atoms with E-state index in [1.165, 1.54) is 0 Å². The van der Waals surface area contributed by atoms with Gasteiger partial charge in [0.2, 0.25) is 0 Å². The zero-order valence-electron chi connectivity index (χ0n) is 13.8. The number of rotatable bonds is 5. The Hall–Kier alpha value is -2.80. The molecule has 0 aromatic carbocycles. The average Bonchev–Trinajstić information content (AvgIpc) is 2.97. The minimum Gasteiger partial charge on any atom is -0.369 e. The van der Waals surface area contributed by atoms with Crippen LogP contribution in [0, 0.1) is 0 Å². The van der Waals surface area contributed by atoms with E-state index in [0.717, 1.165) is 52.9 Å². The highest BCUT2D eigenvalue weighted by molar-refractivity contribution is 6.08. The van der Waals surface area contributed by atoms with E-state index in [2.05, 4.69) is 39.3 Å². The van der Waals surface area contributed by atoms with E-state index in [1.54, 1.807) is 18.6 Å². The molecule has 7 heteroatoms. The van der Waals surface area contributed by atoms with Gasteiger partial charge in [-0.05, 0) is 33.1 Å². The number of nitrogens with zero attached hydrogens (tertiary/aromatic N) is 6. The second-order valence-corrected chi connectivity index (χ2v) is 6.05. The summed E-state index contributed by atoms with van der Waals surface area (Å²) >= 11 is 0. The van der Waals surface area contributed by atoms with E-state index < -0.39 is 0 Å². The monoisotopic (exact) mass is 321 g/mol. The molecule has 4 heterocycles. The number of aromatic nitrogens is 5. The number of hydrogen-bond donors (Lipinski definition) is 1. The molecule has 0 unspecified atom stereocenters. The lowest BCUT2D eigenvalue weighted by atomic mass is 10.2. The molecule has 4 rings (SSSR count). The van der Waals surface area contributed by atoms with Gasteiger partial charge >= 0.3 is 0 Å². The lowest BCUT2D eigenvalue weighted by Crippen LogP contribution is -2.16. The molecule has 7 nitrogen and oxygen atoms in total. The normalized spacial score (nSPS) is 11.8. The number of pyridine rings is 2. The Kier molecular flexibility index (Phi) is 3.70. The summed E-state index contributed by atoms with van der Waals surface area (Å²) < 4.78 is 1.97. The lowest BCUT2D eigenvalue weighted by Gasteiger charge is -2.12. The van der Waals surface area contributed by atoms with E-state index in [9.17, 15) is 0 Å². The minimum absolute atomic E-state index is 0.794. The molecule has 122 valence electrons. The first-order chi connectivity index (χ1) is 11.7. The average molecular weight is 321 g/mol. The van der Waals surface area contributed by atoms with Gasteiger partial charge in [0.25, 0.3) is 0 Å². The van der Waals surface area contributed by atoms with Crippen molar-refractivity contribution in [2.75, 3.05) is 32.5 Å². The molecule has 0 aliphatic carbocycles. The van der Waals surface area contributed by atoms with Crippen molar-refractivity contribution in [1.82, 2.24) is 29.2 Å². The van der Waals surface area contributed by atoms with Crippen LogP contribution in [0.2, 0.25) is 0 Å². The van der Waals surface area contributed by atoms with Crippen molar-refractivity contribution in [3.63, 3.8) is 0 Å². The van der Waals surface area contributed by atoms with Crippen LogP contribution in [0.5, 0.6) is 0 Å². The fourth-order valence-electron chi connectivity index (χ4n) is 2.87. The molecule has 0 spiro atoms. The summed E-state index contributed by atoms with van der Waals surface area (Å²) in [5, 5.41) is 5.50. The van der Waals surface area contributed by atoms with Crippen molar-refractivity contribution < 1.29 is 0 Å². The summed E-state index contributed by atoms with van der Waals surface area (Å²) in [6, 6.07) is 1.99. The molecular weight excluding hydrogens is 302 g/mol. The van der Waals surface area contributed by atoms with Gasteiger partial charge in [-0.1, -0.05) is 0 Å². The summed E-state index contributed by atoms with van der Waals surface area (Å²) in [4.78, 5) is 20.1. The first-order valence-corrected chi connectivity index (χ1v) is 7.98. The van der Waals surface area contributed by atoms with Crippen LogP contribution in [0.1, 0.15) is 6.42 Å². The minimum atomic E-state index is 0.794. The van der Waals surface area contributed by atoms with E-state index in [4.69, 9.17) is 4.98 Å². The Labute approximate surface area is 139 Å². The van der Waals surface area contributed by atoms with Crippen molar-refractivity contribution in [2.24, 2.45) is 0 Å². The SMILES string of the molecule is CN(C)CCCNc1nc2c(nc3cnccn32)c2ccncc12. The maximum atomic E-state index is 4.82. The Morgan fingerprint density at radius 1 is 1.08 bits per heavy atom.